The number of para-hydroxylation sites is 1. The van der Waals surface area contributed by atoms with Crippen molar-refractivity contribution >= 4 is 16.9 Å². The van der Waals surface area contributed by atoms with Gasteiger partial charge in [0.2, 0.25) is 0 Å². The van der Waals surface area contributed by atoms with Crippen molar-refractivity contribution in [2.45, 2.75) is 38.1 Å². The van der Waals surface area contributed by atoms with Gasteiger partial charge in [-0.15, -0.1) is 10.2 Å². The lowest BCUT2D eigenvalue weighted by atomic mass is 9.95. The second-order valence-electron chi connectivity index (χ2n) is 9.25. The highest BCUT2D eigenvalue weighted by Crippen LogP contribution is 2.50. The van der Waals surface area contributed by atoms with Gasteiger partial charge in [0.05, 0.1) is 23.8 Å². The molecule has 7 rings (SSSR count). The van der Waals surface area contributed by atoms with Crippen molar-refractivity contribution in [1.82, 2.24) is 34.8 Å². The van der Waals surface area contributed by atoms with Crippen LogP contribution in [0.2, 0.25) is 0 Å². The molecule has 0 radical (unpaired) electrons. The normalized spacial score (nSPS) is 17.8. The van der Waals surface area contributed by atoms with Gasteiger partial charge in [0, 0.05) is 42.4 Å². The zero-order valence-corrected chi connectivity index (χ0v) is 19.4. The van der Waals surface area contributed by atoms with Crippen molar-refractivity contribution < 1.29 is 13.6 Å². The summed E-state index contributed by atoms with van der Waals surface area (Å²) < 4.78 is 14.0. The summed E-state index contributed by atoms with van der Waals surface area (Å²) in [6, 6.07) is 7.59. The van der Waals surface area contributed by atoms with Gasteiger partial charge in [-0.2, -0.15) is 5.10 Å². The number of benzene rings is 1. The fourth-order valence-corrected chi connectivity index (χ4v) is 5.09. The molecule has 5 aromatic rings. The van der Waals surface area contributed by atoms with E-state index in [0.717, 1.165) is 46.7 Å². The second-order valence-corrected chi connectivity index (χ2v) is 9.25. The molecule has 1 fully saturated rings. The number of amides is 1. The van der Waals surface area contributed by atoms with Gasteiger partial charge in [-0.1, -0.05) is 18.2 Å². The molecule has 4 aromatic heterocycles. The van der Waals surface area contributed by atoms with Crippen LogP contribution in [0, 0.1) is 6.92 Å². The number of nitrogens with one attached hydrogen (secondary N) is 1. The number of hydrogen-bond donors (Lipinski definition) is 1. The van der Waals surface area contributed by atoms with Crippen LogP contribution in [-0.2, 0) is 13.5 Å². The van der Waals surface area contributed by atoms with Crippen molar-refractivity contribution in [3.8, 4) is 11.5 Å². The fourth-order valence-electron chi connectivity index (χ4n) is 5.09. The molecule has 1 aliphatic carbocycles. The van der Waals surface area contributed by atoms with Gasteiger partial charge in [0.1, 0.15) is 17.4 Å². The Hall–Kier alpha value is -4.21. The van der Waals surface area contributed by atoms with E-state index in [2.05, 4.69) is 31.3 Å². The first-order valence-corrected chi connectivity index (χ1v) is 11.8. The molecule has 0 unspecified atom stereocenters. The van der Waals surface area contributed by atoms with Crippen LogP contribution in [0.5, 0.6) is 0 Å². The fraction of sp³-hybridized carbons (Fsp3) is 0.320. The molecule has 1 aromatic carbocycles. The zero-order valence-electron chi connectivity index (χ0n) is 19.4. The van der Waals surface area contributed by atoms with E-state index in [1.165, 1.54) is 5.56 Å². The van der Waals surface area contributed by atoms with Crippen molar-refractivity contribution in [1.29, 1.82) is 0 Å². The highest BCUT2D eigenvalue weighted by molar-refractivity contribution is 5.91. The van der Waals surface area contributed by atoms with E-state index in [4.69, 9.17) is 8.83 Å². The molecule has 5 heterocycles. The van der Waals surface area contributed by atoms with E-state index in [1.807, 2.05) is 32.2 Å². The Balaban J connectivity index is 1.33. The molecule has 1 atom stereocenters. The van der Waals surface area contributed by atoms with E-state index in [1.54, 1.807) is 22.1 Å². The van der Waals surface area contributed by atoms with Crippen molar-refractivity contribution in [2.24, 2.45) is 7.05 Å². The third-order valence-corrected chi connectivity index (χ3v) is 7.16. The first-order valence-electron chi connectivity index (χ1n) is 11.8. The summed E-state index contributed by atoms with van der Waals surface area (Å²) in [5.74, 6) is 1.08. The molecule has 10 nitrogen and oxygen atoms in total. The Bertz CT molecular complexity index is 1590. The first kappa shape index (κ1) is 20.2. The monoisotopic (exact) mass is 469 g/mol. The van der Waals surface area contributed by atoms with Gasteiger partial charge >= 0.3 is 11.8 Å². The standard InChI is InChI=1S/C25H23N7O3/c1-13-16(11-28-31(13)2)23-29-30-24(35-23)25(33)32-10-9-17-20(27-12-26-17)21(32)22-19(14-7-8-14)15-5-3-4-6-18(15)34-22/h3-6,11-12,14,21H,7-10H2,1-2H3,(H,26,27)/t21-/m0/s1. The summed E-state index contributed by atoms with van der Waals surface area (Å²) in [5, 5.41) is 13.6. The number of carbonyl (C=O) groups excluding carboxylic acids is 1. The van der Waals surface area contributed by atoms with Gasteiger partial charge in [-0.25, -0.2) is 4.98 Å². The number of H-pyrrole nitrogens is 1. The first-order chi connectivity index (χ1) is 17.1. The molecule has 2 aliphatic rings. The number of aryl methyl sites for hydroxylation is 1. The minimum Gasteiger partial charge on any atom is -0.458 e. The Labute approximate surface area is 200 Å². The molecule has 176 valence electrons. The van der Waals surface area contributed by atoms with E-state index in [9.17, 15) is 4.79 Å². The summed E-state index contributed by atoms with van der Waals surface area (Å²) in [6.45, 7) is 2.39. The van der Waals surface area contributed by atoms with Crippen LogP contribution < -0.4 is 0 Å². The summed E-state index contributed by atoms with van der Waals surface area (Å²) >= 11 is 0. The minimum atomic E-state index is -0.476. The quantitative estimate of drug-likeness (QED) is 0.424. The Morgan fingerprint density at radius 1 is 1.17 bits per heavy atom. The number of aromatic amines is 1. The van der Waals surface area contributed by atoms with E-state index in [0.29, 0.717) is 24.4 Å². The number of rotatable bonds is 4. The van der Waals surface area contributed by atoms with Crippen molar-refractivity contribution in [3.63, 3.8) is 0 Å². The van der Waals surface area contributed by atoms with Crippen LogP contribution in [0.3, 0.4) is 0 Å². The number of furan rings is 1. The lowest BCUT2D eigenvalue weighted by Gasteiger charge is -2.33. The molecule has 0 saturated heterocycles. The highest BCUT2D eigenvalue weighted by atomic mass is 16.4. The summed E-state index contributed by atoms with van der Waals surface area (Å²) in [5.41, 5.74) is 5.40. The van der Waals surface area contributed by atoms with Gasteiger partial charge in [0.25, 0.3) is 5.89 Å². The van der Waals surface area contributed by atoms with E-state index in [-0.39, 0.29) is 17.7 Å². The van der Waals surface area contributed by atoms with Crippen molar-refractivity contribution in [3.05, 3.63) is 71.1 Å². The maximum Gasteiger partial charge on any atom is 0.312 e. The van der Waals surface area contributed by atoms with Crippen LogP contribution in [0.4, 0.5) is 0 Å². The van der Waals surface area contributed by atoms with Crippen LogP contribution in [0.1, 0.15) is 63.9 Å². The average Bonchev–Trinajstić information content (AvgIpc) is 3.24. The van der Waals surface area contributed by atoms with Crippen LogP contribution in [-0.4, -0.2) is 47.3 Å². The number of nitrogens with zero attached hydrogens (tertiary/aromatic N) is 6. The SMILES string of the molecule is Cc1c(-c2nnc(C(=O)N3CCc4[nH]cnc4[C@H]3c3oc4ccccc4c3C3CC3)o2)cnn1C. The zero-order chi connectivity index (χ0) is 23.7. The molecule has 10 heteroatoms. The van der Waals surface area contributed by atoms with Gasteiger partial charge in [0.15, 0.2) is 0 Å². The van der Waals surface area contributed by atoms with E-state index >= 15 is 0 Å². The largest absolute Gasteiger partial charge is 0.458 e. The smallest absolute Gasteiger partial charge is 0.312 e. The maximum absolute atomic E-state index is 13.8. The lowest BCUT2D eigenvalue weighted by Crippen LogP contribution is -2.41. The predicted molar refractivity (Wildman–Crippen MR) is 125 cm³/mol. The maximum atomic E-state index is 13.8. The molecular formula is C25H23N7O3. The molecule has 0 spiro atoms. The minimum absolute atomic E-state index is 0.0590. The molecular weight excluding hydrogens is 446 g/mol. The third kappa shape index (κ3) is 3.05. The molecule has 1 saturated carbocycles. The number of fused-ring (bicyclic) bond motifs is 2. The van der Waals surface area contributed by atoms with Crippen LogP contribution >= 0.6 is 0 Å². The van der Waals surface area contributed by atoms with E-state index < -0.39 is 6.04 Å². The van der Waals surface area contributed by atoms with Gasteiger partial charge in [-0.05, 0) is 31.7 Å². The molecule has 1 N–H and O–H groups in total. The average molecular weight is 470 g/mol. The number of carbonyl (C=O) groups is 1. The number of hydrogen-bond acceptors (Lipinski definition) is 7. The molecule has 1 amide bonds. The van der Waals surface area contributed by atoms with Crippen LogP contribution in [0.15, 0.2) is 45.6 Å². The summed E-state index contributed by atoms with van der Waals surface area (Å²) in [4.78, 5) is 23.4. The predicted octanol–water partition coefficient (Wildman–Crippen LogP) is 3.91. The summed E-state index contributed by atoms with van der Waals surface area (Å²) in [6.07, 6.45) is 6.22. The number of imidazole rings is 1. The molecule has 1 aliphatic heterocycles. The third-order valence-electron chi connectivity index (χ3n) is 7.16. The van der Waals surface area contributed by atoms with Crippen LogP contribution in [0.25, 0.3) is 22.4 Å². The Morgan fingerprint density at radius 3 is 2.83 bits per heavy atom. The number of aromatic nitrogens is 6. The van der Waals surface area contributed by atoms with Gasteiger partial charge < -0.3 is 18.7 Å². The molecule has 35 heavy (non-hydrogen) atoms. The lowest BCUT2D eigenvalue weighted by molar-refractivity contribution is 0.0631. The second kappa shape index (κ2) is 7.39. The Kier molecular flexibility index (Phi) is 4.26. The highest BCUT2D eigenvalue weighted by Gasteiger charge is 2.42. The topological polar surface area (TPSA) is 119 Å². The molecule has 0 bridgehead atoms. The van der Waals surface area contributed by atoms with Gasteiger partial charge in [-0.3, -0.25) is 9.48 Å². The Morgan fingerprint density at radius 2 is 2.03 bits per heavy atom. The summed E-state index contributed by atoms with van der Waals surface area (Å²) in [7, 11) is 1.84. The van der Waals surface area contributed by atoms with Crippen molar-refractivity contribution in [2.75, 3.05) is 6.54 Å².